The predicted molar refractivity (Wildman–Crippen MR) is 149 cm³/mol. The van der Waals surface area contributed by atoms with Crippen LogP contribution in [-0.2, 0) is 0 Å². The van der Waals surface area contributed by atoms with Crippen molar-refractivity contribution in [2.45, 2.75) is 146 Å². The van der Waals surface area contributed by atoms with Gasteiger partial charge in [-0.15, -0.1) is 0 Å². The molecule has 0 nitrogen and oxygen atoms in total. The molecule has 0 aliphatic heterocycles. The maximum absolute atomic E-state index is 2.57. The van der Waals surface area contributed by atoms with Crippen LogP contribution in [0.25, 0.3) is 0 Å². The molecular formula is C32H62. The van der Waals surface area contributed by atoms with Crippen LogP contribution in [-0.4, -0.2) is 0 Å². The van der Waals surface area contributed by atoms with Gasteiger partial charge in [0.25, 0.3) is 0 Å². The lowest BCUT2D eigenvalue weighted by atomic mass is 9.68. The van der Waals surface area contributed by atoms with Gasteiger partial charge in [-0.3, -0.25) is 0 Å². The van der Waals surface area contributed by atoms with E-state index in [4.69, 9.17) is 0 Å². The Morgan fingerprint density at radius 3 is 2.00 bits per heavy atom. The molecule has 5 atom stereocenters. The van der Waals surface area contributed by atoms with E-state index in [1.807, 2.05) is 0 Å². The summed E-state index contributed by atoms with van der Waals surface area (Å²) in [6.45, 7) is 24.1. The minimum absolute atomic E-state index is 0.483. The molecule has 0 aromatic rings. The summed E-state index contributed by atoms with van der Waals surface area (Å²) in [6.07, 6.45) is 23.0. The molecule has 0 bridgehead atoms. The highest BCUT2D eigenvalue weighted by atomic mass is 14.4. The first kappa shape index (κ1) is 31.5. The summed E-state index contributed by atoms with van der Waals surface area (Å²) in [7, 11) is 0. The van der Waals surface area contributed by atoms with Gasteiger partial charge in [0.05, 0.1) is 0 Å². The van der Waals surface area contributed by atoms with Crippen LogP contribution in [0.3, 0.4) is 0 Å². The van der Waals surface area contributed by atoms with Gasteiger partial charge in [0.15, 0.2) is 0 Å². The molecule has 5 unspecified atom stereocenters. The van der Waals surface area contributed by atoms with Crippen LogP contribution in [0, 0.1) is 35.0 Å². The fourth-order valence-corrected chi connectivity index (χ4v) is 6.37. The summed E-state index contributed by atoms with van der Waals surface area (Å²) in [5, 5.41) is 0. The van der Waals surface area contributed by atoms with Crippen molar-refractivity contribution >= 4 is 0 Å². The highest BCUT2D eigenvalue weighted by Crippen LogP contribution is 2.39. The van der Waals surface area contributed by atoms with Crippen LogP contribution in [0.1, 0.15) is 146 Å². The monoisotopic (exact) mass is 446 g/mol. The Hall–Kier alpha value is -0.520. The summed E-state index contributed by atoms with van der Waals surface area (Å²) in [5.74, 6) is 4.33. The molecule has 0 fully saturated rings. The third kappa shape index (κ3) is 12.1. The second kappa shape index (κ2) is 17.9. The van der Waals surface area contributed by atoms with Gasteiger partial charge in [-0.25, -0.2) is 0 Å². The Labute approximate surface area is 205 Å². The Morgan fingerprint density at radius 1 is 0.844 bits per heavy atom. The highest BCUT2D eigenvalue weighted by Gasteiger charge is 2.30. The predicted octanol–water partition coefficient (Wildman–Crippen LogP) is 11.4. The fourth-order valence-electron chi connectivity index (χ4n) is 6.37. The Bertz CT molecular complexity index is 496. The Balaban J connectivity index is 4.68. The van der Waals surface area contributed by atoms with Crippen molar-refractivity contribution in [3.63, 3.8) is 0 Å². The summed E-state index contributed by atoms with van der Waals surface area (Å²) in [5.41, 5.74) is 2.11. The van der Waals surface area contributed by atoms with E-state index in [9.17, 15) is 0 Å². The van der Waals surface area contributed by atoms with Crippen LogP contribution in [0.2, 0.25) is 0 Å². The molecule has 190 valence electrons. The molecule has 0 heterocycles. The molecule has 0 rings (SSSR count). The Kier molecular flexibility index (Phi) is 17.6. The zero-order chi connectivity index (χ0) is 24.6. The molecule has 0 aromatic heterocycles. The van der Waals surface area contributed by atoms with Gasteiger partial charge in [-0.1, -0.05) is 111 Å². The van der Waals surface area contributed by atoms with Crippen molar-refractivity contribution in [1.82, 2.24) is 0 Å². The molecule has 0 radical (unpaired) electrons. The molecule has 0 amide bonds. The molecule has 32 heavy (non-hydrogen) atoms. The van der Waals surface area contributed by atoms with E-state index in [1.165, 1.54) is 77.0 Å². The molecular weight excluding hydrogens is 384 g/mol. The average Bonchev–Trinajstić information content (AvgIpc) is 2.76. The standard InChI is InChI=1S/C32H62/c1-11-16-17-18-21-24-32(10,15-5)25-27(8)22-19-20-23-29(12-2)28(9)31(14-4)30(13-3)26(6)7/h11,16,22,26,28-31H,12-15,17-21,23-25H2,1-10H3. The van der Waals surface area contributed by atoms with Gasteiger partial charge >= 0.3 is 0 Å². The van der Waals surface area contributed by atoms with Crippen LogP contribution >= 0.6 is 0 Å². The van der Waals surface area contributed by atoms with Crippen LogP contribution in [0.15, 0.2) is 23.8 Å². The first-order valence-electron chi connectivity index (χ1n) is 14.5. The topological polar surface area (TPSA) is 0 Å². The van der Waals surface area contributed by atoms with E-state index < -0.39 is 0 Å². The third-order valence-corrected chi connectivity index (χ3v) is 8.76. The number of allylic oxidation sites excluding steroid dienone is 4. The minimum Gasteiger partial charge on any atom is -0.0917 e. The first-order chi connectivity index (χ1) is 15.2. The van der Waals surface area contributed by atoms with E-state index in [0.29, 0.717) is 5.41 Å². The van der Waals surface area contributed by atoms with Crippen molar-refractivity contribution in [1.29, 1.82) is 0 Å². The SMILES string of the molecule is CC=CCCCCC(C)(CC)CC(C)=CCCCC(CC)C(C)C(CC)C(CC)C(C)C. The zero-order valence-electron chi connectivity index (χ0n) is 24.1. The van der Waals surface area contributed by atoms with Gasteiger partial charge in [0.1, 0.15) is 0 Å². The van der Waals surface area contributed by atoms with Crippen molar-refractivity contribution in [2.75, 3.05) is 0 Å². The second-order valence-corrected chi connectivity index (χ2v) is 11.6. The number of rotatable bonds is 19. The summed E-state index contributed by atoms with van der Waals surface area (Å²) in [6, 6.07) is 0. The van der Waals surface area contributed by atoms with Gasteiger partial charge in [-0.05, 0) is 93.8 Å². The lowest BCUT2D eigenvalue weighted by Crippen LogP contribution is -2.29. The second-order valence-electron chi connectivity index (χ2n) is 11.6. The van der Waals surface area contributed by atoms with E-state index in [2.05, 4.69) is 87.5 Å². The lowest BCUT2D eigenvalue weighted by Gasteiger charge is -2.37. The highest BCUT2D eigenvalue weighted by molar-refractivity contribution is 5.02. The maximum Gasteiger partial charge on any atom is -0.0269 e. The van der Waals surface area contributed by atoms with E-state index >= 15 is 0 Å². The van der Waals surface area contributed by atoms with Crippen molar-refractivity contribution in [3.05, 3.63) is 23.8 Å². The quantitative estimate of drug-likeness (QED) is 0.137. The smallest absolute Gasteiger partial charge is 0.0269 e. The third-order valence-electron chi connectivity index (χ3n) is 8.76. The van der Waals surface area contributed by atoms with Gasteiger partial charge in [0, 0.05) is 0 Å². The van der Waals surface area contributed by atoms with Crippen molar-refractivity contribution < 1.29 is 0 Å². The molecule has 0 aliphatic carbocycles. The molecule has 0 aromatic carbocycles. The number of unbranched alkanes of at least 4 members (excludes halogenated alkanes) is 3. The first-order valence-corrected chi connectivity index (χ1v) is 14.5. The largest absolute Gasteiger partial charge is 0.0917 e. The molecule has 0 aliphatic rings. The van der Waals surface area contributed by atoms with E-state index in [-0.39, 0.29) is 0 Å². The zero-order valence-corrected chi connectivity index (χ0v) is 24.1. The normalized spacial score (nSPS) is 18.7. The summed E-state index contributed by atoms with van der Waals surface area (Å²) in [4.78, 5) is 0. The fraction of sp³-hybridized carbons (Fsp3) is 0.875. The minimum atomic E-state index is 0.483. The lowest BCUT2D eigenvalue weighted by molar-refractivity contribution is 0.123. The van der Waals surface area contributed by atoms with E-state index in [1.54, 1.807) is 5.57 Å². The van der Waals surface area contributed by atoms with Crippen molar-refractivity contribution in [2.24, 2.45) is 35.0 Å². The van der Waals surface area contributed by atoms with Crippen LogP contribution in [0.5, 0.6) is 0 Å². The van der Waals surface area contributed by atoms with E-state index in [0.717, 1.165) is 29.6 Å². The molecule has 0 N–H and O–H groups in total. The average molecular weight is 447 g/mol. The maximum atomic E-state index is 2.57. The van der Waals surface area contributed by atoms with Crippen LogP contribution in [0.4, 0.5) is 0 Å². The van der Waals surface area contributed by atoms with Crippen molar-refractivity contribution in [3.8, 4) is 0 Å². The number of hydrogen-bond acceptors (Lipinski definition) is 0. The summed E-state index contributed by atoms with van der Waals surface area (Å²) >= 11 is 0. The Morgan fingerprint density at radius 2 is 1.50 bits per heavy atom. The van der Waals surface area contributed by atoms with Gasteiger partial charge in [-0.2, -0.15) is 0 Å². The number of hydrogen-bond donors (Lipinski definition) is 0. The molecule has 0 saturated heterocycles. The molecule has 0 saturated carbocycles. The van der Waals surface area contributed by atoms with Gasteiger partial charge < -0.3 is 0 Å². The van der Waals surface area contributed by atoms with Gasteiger partial charge in [0.2, 0.25) is 0 Å². The summed E-state index contributed by atoms with van der Waals surface area (Å²) < 4.78 is 0. The van der Waals surface area contributed by atoms with Crippen LogP contribution < -0.4 is 0 Å². The molecule has 0 heteroatoms. The molecule has 0 spiro atoms.